The molecule has 0 heterocycles. The number of rotatable bonds is 2. The number of aliphatic hydroxyl groups excluding tert-OH is 1. The molecule has 4 saturated carbocycles. The van der Waals surface area contributed by atoms with E-state index in [9.17, 15) is 20.2 Å². The van der Waals surface area contributed by atoms with Crippen LogP contribution in [0.3, 0.4) is 0 Å². The van der Waals surface area contributed by atoms with Crippen molar-refractivity contribution in [1.82, 2.24) is 0 Å². The predicted molar refractivity (Wildman–Crippen MR) is 102 cm³/mol. The van der Waals surface area contributed by atoms with E-state index in [4.69, 9.17) is 4.74 Å². The van der Waals surface area contributed by atoms with Crippen molar-refractivity contribution in [3.8, 4) is 0 Å². The number of Topliss-reactive ketones (excluding diaryl/α,β-unsaturated/α-hetero) is 1. The average molecular weight is 389 g/mol. The molecule has 4 aliphatic carbocycles. The van der Waals surface area contributed by atoms with Gasteiger partial charge in [-0.15, -0.1) is 0 Å². The Bertz CT molecular complexity index is 735. The van der Waals surface area contributed by atoms with Crippen molar-refractivity contribution in [2.45, 2.75) is 84.0 Å². The molecule has 0 spiro atoms. The minimum Gasteiger partial charge on any atom is -0.463 e. The molecule has 4 fully saturated rings. The van der Waals surface area contributed by atoms with Gasteiger partial charge in [0.1, 0.15) is 11.9 Å². The Morgan fingerprint density at radius 2 is 1.96 bits per heavy atom. The van der Waals surface area contributed by atoms with Gasteiger partial charge in [-0.25, -0.2) is 0 Å². The van der Waals surface area contributed by atoms with Crippen LogP contribution in [0.4, 0.5) is 0 Å². The number of ketones is 1. The molecule has 1 N–H and O–H groups in total. The van der Waals surface area contributed by atoms with Crippen molar-refractivity contribution < 1.29 is 19.4 Å². The lowest BCUT2D eigenvalue weighted by atomic mass is 9.43. The van der Waals surface area contributed by atoms with Crippen molar-refractivity contribution in [2.75, 3.05) is 0 Å². The van der Waals surface area contributed by atoms with E-state index in [0.717, 1.165) is 32.1 Å². The standard InChI is InChI=1S/C21H31N3O4/c1-11(25)28-12-6-8-20(2)14-7-9-21(3)13(4-5-16(21)26)17(14)19(27)18(23-24-22)15(20)10-12/h12-15,17-19,27H,4-10H2,1-3H3/t12-,13-,14-,15+,17-,18-,19-,20+,21-/m0/s1. The van der Waals surface area contributed by atoms with E-state index >= 15 is 0 Å². The highest BCUT2D eigenvalue weighted by molar-refractivity contribution is 5.87. The van der Waals surface area contributed by atoms with Gasteiger partial charge < -0.3 is 9.84 Å². The lowest BCUT2D eigenvalue weighted by Crippen LogP contribution is -2.63. The molecule has 0 aromatic heterocycles. The van der Waals surface area contributed by atoms with Crippen LogP contribution in [-0.2, 0) is 14.3 Å². The molecule has 28 heavy (non-hydrogen) atoms. The van der Waals surface area contributed by atoms with Crippen molar-refractivity contribution in [1.29, 1.82) is 0 Å². The molecule has 154 valence electrons. The second-order valence-corrected chi connectivity index (χ2v) is 10.0. The van der Waals surface area contributed by atoms with Crippen LogP contribution in [-0.4, -0.2) is 35.1 Å². The molecular weight excluding hydrogens is 358 g/mol. The van der Waals surface area contributed by atoms with Crippen molar-refractivity contribution >= 4 is 11.8 Å². The van der Waals surface area contributed by atoms with E-state index in [1.165, 1.54) is 6.92 Å². The molecule has 0 saturated heterocycles. The van der Waals surface area contributed by atoms with E-state index in [2.05, 4.69) is 23.9 Å². The molecule has 4 rings (SSSR count). The summed E-state index contributed by atoms with van der Waals surface area (Å²) in [4.78, 5) is 27.1. The molecule has 0 amide bonds. The number of hydrogen-bond acceptors (Lipinski definition) is 5. The van der Waals surface area contributed by atoms with E-state index in [1.807, 2.05) is 0 Å². The van der Waals surface area contributed by atoms with Crippen molar-refractivity contribution in [2.24, 2.45) is 39.6 Å². The predicted octanol–water partition coefficient (Wildman–Crippen LogP) is 3.79. The number of hydrogen-bond donors (Lipinski definition) is 1. The fraction of sp³-hybridized carbons (Fsp3) is 0.905. The Kier molecular flexibility index (Phi) is 4.74. The van der Waals surface area contributed by atoms with Gasteiger partial charge in [0.05, 0.1) is 12.1 Å². The maximum Gasteiger partial charge on any atom is 0.302 e. The van der Waals surface area contributed by atoms with E-state index < -0.39 is 12.1 Å². The zero-order chi connectivity index (χ0) is 20.3. The van der Waals surface area contributed by atoms with Crippen LogP contribution in [0.25, 0.3) is 10.4 Å². The fourth-order valence-electron chi connectivity index (χ4n) is 7.55. The molecule has 7 nitrogen and oxygen atoms in total. The highest BCUT2D eigenvalue weighted by atomic mass is 16.5. The van der Waals surface area contributed by atoms with Crippen molar-refractivity contribution in [3.63, 3.8) is 0 Å². The molecule has 4 aliphatic rings. The highest BCUT2D eigenvalue weighted by Gasteiger charge is 2.65. The first-order valence-electron chi connectivity index (χ1n) is 10.6. The highest BCUT2D eigenvalue weighted by Crippen LogP contribution is 2.66. The third-order valence-electron chi connectivity index (χ3n) is 8.93. The lowest BCUT2D eigenvalue weighted by Gasteiger charge is -2.63. The monoisotopic (exact) mass is 389 g/mol. The van der Waals surface area contributed by atoms with E-state index in [-0.39, 0.29) is 40.7 Å². The summed E-state index contributed by atoms with van der Waals surface area (Å²) in [5.74, 6) is 0.482. The summed E-state index contributed by atoms with van der Waals surface area (Å²) in [7, 11) is 0. The van der Waals surface area contributed by atoms with Crippen LogP contribution in [0.2, 0.25) is 0 Å². The number of nitrogens with zero attached hydrogens (tertiary/aromatic N) is 3. The van der Waals surface area contributed by atoms with Crippen LogP contribution < -0.4 is 0 Å². The number of azide groups is 1. The number of aliphatic hydroxyl groups is 1. The first-order chi connectivity index (χ1) is 13.2. The molecule has 0 aromatic carbocycles. The summed E-state index contributed by atoms with van der Waals surface area (Å²) in [6, 6.07) is -0.535. The fourth-order valence-corrected chi connectivity index (χ4v) is 7.55. The van der Waals surface area contributed by atoms with Crippen LogP contribution >= 0.6 is 0 Å². The second-order valence-electron chi connectivity index (χ2n) is 10.0. The summed E-state index contributed by atoms with van der Waals surface area (Å²) in [5.41, 5.74) is 8.78. The summed E-state index contributed by atoms with van der Waals surface area (Å²) >= 11 is 0. The molecule has 7 heteroatoms. The molecule has 0 radical (unpaired) electrons. The SMILES string of the molecule is CC(=O)O[C@H]1CC[C@@]2(C)[C@H](C1)[C@H](N=[N+]=[N-])[C@@H](O)[C@@H]1[C@@H]2CC[C@]2(C)C(=O)CC[C@@H]12. The molecule has 0 unspecified atom stereocenters. The Morgan fingerprint density at radius 3 is 2.64 bits per heavy atom. The van der Waals surface area contributed by atoms with Gasteiger partial charge >= 0.3 is 5.97 Å². The summed E-state index contributed by atoms with van der Waals surface area (Å²) < 4.78 is 5.48. The average Bonchev–Trinajstić information content (AvgIpc) is 2.94. The summed E-state index contributed by atoms with van der Waals surface area (Å²) in [5, 5.41) is 15.4. The lowest BCUT2D eigenvalue weighted by molar-refractivity contribution is -0.185. The van der Waals surface area contributed by atoms with Crippen molar-refractivity contribution in [3.05, 3.63) is 10.4 Å². The van der Waals surface area contributed by atoms with Gasteiger partial charge in [0.15, 0.2) is 0 Å². The molecule has 9 atom stereocenters. The van der Waals surface area contributed by atoms with Crippen LogP contribution in [0.1, 0.15) is 65.7 Å². The summed E-state index contributed by atoms with van der Waals surface area (Å²) in [6.45, 7) is 5.76. The minimum atomic E-state index is -0.745. The Labute approximate surface area is 165 Å². The number of fused-ring (bicyclic) bond motifs is 5. The van der Waals surface area contributed by atoms with E-state index in [0.29, 0.717) is 24.5 Å². The number of carbonyl (C=O) groups excluding carboxylic acids is 2. The quantitative estimate of drug-likeness (QED) is 0.335. The second kappa shape index (κ2) is 6.74. The third kappa shape index (κ3) is 2.70. The van der Waals surface area contributed by atoms with Gasteiger partial charge in [-0.05, 0) is 73.1 Å². The zero-order valence-corrected chi connectivity index (χ0v) is 17.0. The van der Waals surface area contributed by atoms with Crippen LogP contribution in [0.15, 0.2) is 5.11 Å². The van der Waals surface area contributed by atoms with Crippen LogP contribution in [0, 0.1) is 34.5 Å². The van der Waals surface area contributed by atoms with Gasteiger partial charge in [0.25, 0.3) is 0 Å². The number of carbonyl (C=O) groups is 2. The minimum absolute atomic E-state index is 0.00720. The largest absolute Gasteiger partial charge is 0.463 e. The topological polar surface area (TPSA) is 112 Å². The third-order valence-corrected chi connectivity index (χ3v) is 8.93. The normalized spacial score (nSPS) is 50.0. The van der Waals surface area contributed by atoms with Gasteiger partial charge in [0.2, 0.25) is 0 Å². The van der Waals surface area contributed by atoms with Gasteiger partial charge in [0, 0.05) is 23.7 Å². The smallest absolute Gasteiger partial charge is 0.302 e. The summed E-state index contributed by atoms with van der Waals surface area (Å²) in [6.07, 6.45) is 4.62. The molecular formula is C21H31N3O4. The van der Waals surface area contributed by atoms with Gasteiger partial charge in [-0.2, -0.15) is 0 Å². The van der Waals surface area contributed by atoms with Gasteiger partial charge in [-0.3, -0.25) is 9.59 Å². The first-order valence-corrected chi connectivity index (χ1v) is 10.6. The number of esters is 1. The maximum atomic E-state index is 12.6. The van der Waals surface area contributed by atoms with Gasteiger partial charge in [-0.1, -0.05) is 19.0 Å². The molecule has 0 bridgehead atoms. The molecule has 0 aliphatic heterocycles. The maximum absolute atomic E-state index is 12.6. The first kappa shape index (κ1) is 19.7. The van der Waals surface area contributed by atoms with Crippen LogP contribution in [0.5, 0.6) is 0 Å². The van der Waals surface area contributed by atoms with E-state index in [1.54, 1.807) is 0 Å². The molecule has 0 aromatic rings. The Balaban J connectivity index is 1.71. The Morgan fingerprint density at radius 1 is 1.21 bits per heavy atom. The Hall–Kier alpha value is -1.59. The number of ether oxygens (including phenoxy) is 1. The zero-order valence-electron chi connectivity index (χ0n) is 17.0.